The topological polar surface area (TPSA) is 102 Å². The number of aryl methyl sites for hydroxylation is 1. The number of nitrogens with one attached hydrogen (secondary N) is 2. The van der Waals surface area contributed by atoms with Gasteiger partial charge in [-0.05, 0) is 31.2 Å². The second-order valence-electron chi connectivity index (χ2n) is 6.10. The highest BCUT2D eigenvalue weighted by Crippen LogP contribution is 2.30. The molecule has 0 fully saturated rings. The van der Waals surface area contributed by atoms with Gasteiger partial charge in [-0.25, -0.2) is 0 Å². The van der Waals surface area contributed by atoms with E-state index in [9.17, 15) is 9.59 Å². The van der Waals surface area contributed by atoms with Gasteiger partial charge in [-0.3, -0.25) is 14.9 Å². The van der Waals surface area contributed by atoms with Crippen LogP contribution in [0.15, 0.2) is 46.8 Å². The van der Waals surface area contributed by atoms with Crippen molar-refractivity contribution in [3.05, 3.63) is 53.6 Å². The predicted molar refractivity (Wildman–Crippen MR) is 118 cm³/mol. The molecule has 3 rings (SSSR count). The number of anilines is 2. The minimum absolute atomic E-state index is 0.148. The van der Waals surface area contributed by atoms with Gasteiger partial charge in [0.2, 0.25) is 11.0 Å². The fraction of sp³-hybridized carbons (Fsp3) is 0.200. The number of methoxy groups -OCH3 is 2. The first-order valence-electron chi connectivity index (χ1n) is 8.84. The van der Waals surface area contributed by atoms with Crippen molar-refractivity contribution in [2.24, 2.45) is 0 Å². The summed E-state index contributed by atoms with van der Waals surface area (Å²) in [5, 5.41) is 13.9. The van der Waals surface area contributed by atoms with Crippen LogP contribution in [0.5, 0.6) is 11.5 Å². The molecule has 0 saturated heterocycles. The van der Waals surface area contributed by atoms with Gasteiger partial charge in [-0.2, -0.15) is 0 Å². The lowest BCUT2D eigenvalue weighted by atomic mass is 10.1. The molecule has 8 nitrogen and oxygen atoms in total. The summed E-state index contributed by atoms with van der Waals surface area (Å²) in [5.41, 5.74) is 2.15. The zero-order valence-electron chi connectivity index (χ0n) is 16.6. The third kappa shape index (κ3) is 5.71. The van der Waals surface area contributed by atoms with Gasteiger partial charge in [0.15, 0.2) is 15.8 Å². The normalized spacial score (nSPS) is 10.4. The number of carbonyl (C=O) groups excluding carboxylic acids is 2. The summed E-state index contributed by atoms with van der Waals surface area (Å²) in [6, 6.07) is 12.4. The molecule has 2 N–H and O–H groups in total. The van der Waals surface area contributed by atoms with E-state index in [1.165, 1.54) is 30.2 Å². The van der Waals surface area contributed by atoms with Crippen molar-refractivity contribution in [1.29, 1.82) is 0 Å². The maximum Gasteiger partial charge on any atom is 0.257 e. The van der Waals surface area contributed by atoms with Gasteiger partial charge in [0.1, 0.15) is 0 Å². The van der Waals surface area contributed by atoms with Gasteiger partial charge in [-0.1, -0.05) is 40.8 Å². The Hall–Kier alpha value is -3.11. The average Bonchev–Trinajstić information content (AvgIpc) is 3.19. The van der Waals surface area contributed by atoms with Gasteiger partial charge in [0.25, 0.3) is 5.91 Å². The fourth-order valence-corrected chi connectivity index (χ4v) is 4.06. The number of rotatable bonds is 8. The molecule has 0 aliphatic carbocycles. The molecule has 2 amide bonds. The third-order valence-corrected chi connectivity index (χ3v) is 5.87. The van der Waals surface area contributed by atoms with Crippen molar-refractivity contribution in [3.8, 4) is 11.5 Å². The van der Waals surface area contributed by atoms with Gasteiger partial charge >= 0.3 is 0 Å². The van der Waals surface area contributed by atoms with Gasteiger partial charge in [0.05, 0.1) is 20.0 Å². The number of aromatic nitrogens is 2. The molecule has 30 heavy (non-hydrogen) atoms. The highest BCUT2D eigenvalue weighted by molar-refractivity contribution is 8.01. The summed E-state index contributed by atoms with van der Waals surface area (Å²) in [7, 11) is 3.08. The van der Waals surface area contributed by atoms with Crippen LogP contribution in [0.4, 0.5) is 10.8 Å². The number of ether oxygens (including phenoxy) is 2. The number of nitrogens with zero attached hydrogens (tertiary/aromatic N) is 2. The number of benzene rings is 2. The molecule has 156 valence electrons. The Balaban J connectivity index is 1.52. The summed E-state index contributed by atoms with van der Waals surface area (Å²) in [4.78, 5) is 24.5. The first-order chi connectivity index (χ1) is 14.5. The average molecular weight is 445 g/mol. The molecule has 1 heterocycles. The van der Waals surface area contributed by atoms with Crippen LogP contribution in [0.2, 0.25) is 0 Å². The lowest BCUT2D eigenvalue weighted by molar-refractivity contribution is -0.113. The minimum atomic E-state index is -0.252. The van der Waals surface area contributed by atoms with Crippen LogP contribution in [0, 0.1) is 6.92 Å². The van der Waals surface area contributed by atoms with Crippen molar-refractivity contribution < 1.29 is 19.1 Å². The van der Waals surface area contributed by atoms with E-state index in [0.29, 0.717) is 32.2 Å². The van der Waals surface area contributed by atoms with E-state index < -0.39 is 0 Å². The Bertz CT molecular complexity index is 1050. The van der Waals surface area contributed by atoms with E-state index in [0.717, 1.165) is 5.56 Å². The Morgan fingerprint density at radius 1 is 1.03 bits per heavy atom. The minimum Gasteiger partial charge on any atom is -0.493 e. The molecule has 0 spiro atoms. The molecule has 0 radical (unpaired) electrons. The number of amides is 2. The standard InChI is InChI=1S/C20H20N4O4S2/c1-12-5-4-6-13(9-12)18(26)22-19-23-24-20(30-19)29-11-17(25)21-14-7-8-15(27-2)16(10-14)28-3/h4-10H,11H2,1-3H3,(H,21,25)(H,22,23,26). The number of hydrogen-bond acceptors (Lipinski definition) is 8. The summed E-state index contributed by atoms with van der Waals surface area (Å²) in [6.07, 6.45) is 0. The Morgan fingerprint density at radius 3 is 2.57 bits per heavy atom. The predicted octanol–water partition coefficient (Wildman–Crippen LogP) is 3.85. The van der Waals surface area contributed by atoms with E-state index in [4.69, 9.17) is 9.47 Å². The van der Waals surface area contributed by atoms with Crippen LogP contribution in [0.3, 0.4) is 0 Å². The van der Waals surface area contributed by atoms with Crippen molar-refractivity contribution in [1.82, 2.24) is 10.2 Å². The molecular weight excluding hydrogens is 424 g/mol. The van der Waals surface area contributed by atoms with Crippen LogP contribution in [0.25, 0.3) is 0 Å². The first-order valence-corrected chi connectivity index (χ1v) is 10.6. The molecule has 2 aromatic carbocycles. The molecule has 0 aliphatic rings. The second-order valence-corrected chi connectivity index (χ2v) is 8.30. The number of hydrogen-bond donors (Lipinski definition) is 2. The molecule has 0 unspecified atom stereocenters. The zero-order chi connectivity index (χ0) is 21.5. The van der Waals surface area contributed by atoms with Crippen molar-refractivity contribution >= 4 is 45.7 Å². The van der Waals surface area contributed by atoms with Gasteiger partial charge in [-0.15, -0.1) is 10.2 Å². The van der Waals surface area contributed by atoms with E-state index >= 15 is 0 Å². The monoisotopic (exact) mass is 444 g/mol. The largest absolute Gasteiger partial charge is 0.493 e. The van der Waals surface area contributed by atoms with Crippen molar-refractivity contribution in [3.63, 3.8) is 0 Å². The van der Waals surface area contributed by atoms with Gasteiger partial charge in [0, 0.05) is 17.3 Å². The van der Waals surface area contributed by atoms with E-state index in [1.807, 2.05) is 19.1 Å². The smallest absolute Gasteiger partial charge is 0.257 e. The van der Waals surface area contributed by atoms with Crippen molar-refractivity contribution in [2.45, 2.75) is 11.3 Å². The summed E-state index contributed by atoms with van der Waals surface area (Å²) >= 11 is 2.45. The third-order valence-electron chi connectivity index (χ3n) is 3.90. The SMILES string of the molecule is COc1ccc(NC(=O)CSc2nnc(NC(=O)c3cccc(C)c3)s2)cc1OC. The van der Waals surface area contributed by atoms with Gasteiger partial charge < -0.3 is 14.8 Å². The van der Waals surface area contributed by atoms with Crippen LogP contribution in [-0.4, -0.2) is 42.0 Å². The van der Waals surface area contributed by atoms with Crippen LogP contribution >= 0.6 is 23.1 Å². The number of thioether (sulfide) groups is 1. The Morgan fingerprint density at radius 2 is 1.83 bits per heavy atom. The Kier molecular flexibility index (Phi) is 7.26. The maximum absolute atomic E-state index is 12.3. The maximum atomic E-state index is 12.3. The Labute approximate surface area is 182 Å². The van der Waals surface area contributed by atoms with E-state index in [-0.39, 0.29) is 17.6 Å². The molecular formula is C20H20N4O4S2. The molecule has 0 saturated carbocycles. The summed E-state index contributed by atoms with van der Waals surface area (Å²) < 4.78 is 11.0. The van der Waals surface area contributed by atoms with Crippen LogP contribution < -0.4 is 20.1 Å². The molecule has 0 atom stereocenters. The quantitative estimate of drug-likeness (QED) is 0.402. The van der Waals surface area contributed by atoms with E-state index in [1.54, 1.807) is 37.4 Å². The first kappa shape index (κ1) is 21.6. The fourth-order valence-electron chi connectivity index (χ4n) is 2.51. The number of carbonyl (C=O) groups is 2. The highest BCUT2D eigenvalue weighted by atomic mass is 32.2. The van der Waals surface area contributed by atoms with Crippen molar-refractivity contribution in [2.75, 3.05) is 30.6 Å². The zero-order valence-corrected chi connectivity index (χ0v) is 18.2. The lowest BCUT2D eigenvalue weighted by Gasteiger charge is -2.10. The molecule has 0 aliphatic heterocycles. The van der Waals surface area contributed by atoms with Crippen LogP contribution in [-0.2, 0) is 4.79 Å². The highest BCUT2D eigenvalue weighted by Gasteiger charge is 2.13. The lowest BCUT2D eigenvalue weighted by Crippen LogP contribution is -2.14. The molecule has 3 aromatic rings. The summed E-state index contributed by atoms with van der Waals surface area (Å²) in [5.74, 6) is 0.805. The summed E-state index contributed by atoms with van der Waals surface area (Å²) in [6.45, 7) is 1.92. The second kappa shape index (κ2) is 10.1. The molecule has 10 heteroatoms. The van der Waals surface area contributed by atoms with E-state index in [2.05, 4.69) is 20.8 Å². The van der Waals surface area contributed by atoms with Crippen LogP contribution in [0.1, 0.15) is 15.9 Å². The molecule has 0 bridgehead atoms. The molecule has 1 aromatic heterocycles.